The number of hydrogen-bond donors (Lipinski definition) is 1. The fraction of sp³-hybridized carbons (Fsp3) is 0.231. The molecule has 98 valence electrons. The first-order valence-electron chi connectivity index (χ1n) is 5.61. The van der Waals surface area contributed by atoms with Crippen LogP contribution in [0.4, 0.5) is 11.5 Å². The van der Waals surface area contributed by atoms with Crippen molar-refractivity contribution >= 4 is 27.4 Å². The molecule has 0 atom stereocenters. The first-order chi connectivity index (χ1) is 9.06. The lowest BCUT2D eigenvalue weighted by atomic mass is 10.2. The standard InChI is InChI=1S/C13H13BrN4O/c1-8-10(7-15)13(18(2)17-8)16-12-6-9(19-3)4-5-11(12)14/h4-6,16H,1-3H3. The minimum absolute atomic E-state index is 0.539. The van der Waals surface area contributed by atoms with Crippen molar-refractivity contribution in [2.45, 2.75) is 6.92 Å². The Labute approximate surface area is 119 Å². The highest BCUT2D eigenvalue weighted by molar-refractivity contribution is 9.10. The highest BCUT2D eigenvalue weighted by Gasteiger charge is 2.14. The molecule has 2 rings (SSSR count). The number of aryl methyl sites for hydroxylation is 2. The van der Waals surface area contributed by atoms with Crippen molar-refractivity contribution in [3.05, 3.63) is 33.9 Å². The van der Waals surface area contributed by atoms with Crippen LogP contribution in [0.1, 0.15) is 11.3 Å². The predicted molar refractivity (Wildman–Crippen MR) is 76.6 cm³/mol. The zero-order valence-corrected chi connectivity index (χ0v) is 12.4. The molecular formula is C13H13BrN4O. The van der Waals surface area contributed by atoms with E-state index in [1.165, 1.54) is 0 Å². The fourth-order valence-corrected chi connectivity index (χ4v) is 2.14. The Kier molecular flexibility index (Phi) is 3.76. The van der Waals surface area contributed by atoms with Gasteiger partial charge in [-0.3, -0.25) is 4.68 Å². The summed E-state index contributed by atoms with van der Waals surface area (Å²) in [5.74, 6) is 1.40. The highest BCUT2D eigenvalue weighted by Crippen LogP contribution is 2.31. The summed E-state index contributed by atoms with van der Waals surface area (Å²) in [6, 6.07) is 7.76. The van der Waals surface area contributed by atoms with E-state index in [4.69, 9.17) is 4.74 Å². The van der Waals surface area contributed by atoms with E-state index in [1.807, 2.05) is 25.1 Å². The van der Waals surface area contributed by atoms with Crippen molar-refractivity contribution in [3.8, 4) is 11.8 Å². The van der Waals surface area contributed by atoms with Gasteiger partial charge in [0.25, 0.3) is 0 Å². The third-order valence-corrected chi connectivity index (χ3v) is 3.45. The summed E-state index contributed by atoms with van der Waals surface area (Å²) < 4.78 is 7.73. The second-order valence-electron chi connectivity index (χ2n) is 4.02. The zero-order chi connectivity index (χ0) is 14.0. The Morgan fingerprint density at radius 2 is 2.21 bits per heavy atom. The van der Waals surface area contributed by atoms with E-state index < -0.39 is 0 Å². The van der Waals surface area contributed by atoms with Gasteiger partial charge in [-0.25, -0.2) is 0 Å². The zero-order valence-electron chi connectivity index (χ0n) is 10.9. The van der Waals surface area contributed by atoms with E-state index >= 15 is 0 Å². The maximum atomic E-state index is 9.18. The summed E-state index contributed by atoms with van der Waals surface area (Å²) in [5, 5.41) is 16.6. The van der Waals surface area contributed by atoms with Gasteiger partial charge in [-0.1, -0.05) is 0 Å². The van der Waals surface area contributed by atoms with Crippen LogP contribution in [0.25, 0.3) is 0 Å². The van der Waals surface area contributed by atoms with Crippen LogP contribution in [0, 0.1) is 18.3 Å². The van der Waals surface area contributed by atoms with Crippen LogP contribution >= 0.6 is 15.9 Å². The molecule has 0 spiro atoms. The van der Waals surface area contributed by atoms with Crippen LogP contribution in [-0.2, 0) is 7.05 Å². The number of nitrogens with zero attached hydrogens (tertiary/aromatic N) is 3. The lowest BCUT2D eigenvalue weighted by molar-refractivity contribution is 0.415. The van der Waals surface area contributed by atoms with Gasteiger partial charge >= 0.3 is 0 Å². The smallest absolute Gasteiger partial charge is 0.146 e. The van der Waals surface area contributed by atoms with E-state index in [9.17, 15) is 5.26 Å². The van der Waals surface area contributed by atoms with Crippen LogP contribution in [0.2, 0.25) is 0 Å². The van der Waals surface area contributed by atoms with Gasteiger partial charge in [0.05, 0.1) is 18.5 Å². The van der Waals surface area contributed by atoms with Crippen LogP contribution < -0.4 is 10.1 Å². The average molecular weight is 321 g/mol. The number of ether oxygens (including phenoxy) is 1. The normalized spacial score (nSPS) is 10.1. The Bertz CT molecular complexity index is 657. The van der Waals surface area contributed by atoms with Gasteiger partial charge in [0.2, 0.25) is 0 Å². The topological polar surface area (TPSA) is 62.9 Å². The second kappa shape index (κ2) is 5.33. The van der Waals surface area contributed by atoms with E-state index in [0.717, 1.165) is 15.9 Å². The third-order valence-electron chi connectivity index (χ3n) is 2.76. The third kappa shape index (κ3) is 2.56. The van der Waals surface area contributed by atoms with Crippen LogP contribution in [0.15, 0.2) is 22.7 Å². The van der Waals surface area contributed by atoms with Gasteiger partial charge in [-0.15, -0.1) is 0 Å². The molecule has 1 N–H and O–H groups in total. The molecule has 0 amide bonds. The number of nitrogens with one attached hydrogen (secondary N) is 1. The molecule has 2 aromatic rings. The number of rotatable bonds is 3. The Morgan fingerprint density at radius 1 is 1.47 bits per heavy atom. The van der Waals surface area contributed by atoms with Crippen LogP contribution in [-0.4, -0.2) is 16.9 Å². The second-order valence-corrected chi connectivity index (χ2v) is 4.87. The SMILES string of the molecule is COc1ccc(Br)c(Nc2c(C#N)c(C)nn2C)c1. The quantitative estimate of drug-likeness (QED) is 0.943. The Morgan fingerprint density at radius 3 is 2.84 bits per heavy atom. The summed E-state index contributed by atoms with van der Waals surface area (Å²) in [6.45, 7) is 1.81. The monoisotopic (exact) mass is 320 g/mol. The predicted octanol–water partition coefficient (Wildman–Crippen LogP) is 3.11. The maximum absolute atomic E-state index is 9.18. The number of halogens is 1. The molecule has 0 saturated heterocycles. The fourth-order valence-electron chi connectivity index (χ4n) is 1.79. The molecule has 1 heterocycles. The lowest BCUT2D eigenvalue weighted by Crippen LogP contribution is -2.01. The van der Waals surface area contributed by atoms with Gasteiger partial charge < -0.3 is 10.1 Å². The molecular weight excluding hydrogens is 308 g/mol. The van der Waals surface area contributed by atoms with Gasteiger partial charge in [-0.2, -0.15) is 10.4 Å². The molecule has 0 aliphatic carbocycles. The van der Waals surface area contributed by atoms with Crippen molar-refractivity contribution in [2.75, 3.05) is 12.4 Å². The Balaban J connectivity index is 2.44. The average Bonchev–Trinajstić information content (AvgIpc) is 2.66. The number of benzene rings is 1. The number of aromatic nitrogens is 2. The van der Waals surface area contributed by atoms with Crippen molar-refractivity contribution in [3.63, 3.8) is 0 Å². The molecule has 19 heavy (non-hydrogen) atoms. The summed E-state index contributed by atoms with van der Waals surface area (Å²) in [5.41, 5.74) is 2.06. The summed E-state index contributed by atoms with van der Waals surface area (Å²) in [4.78, 5) is 0. The first kappa shape index (κ1) is 13.4. The van der Waals surface area contributed by atoms with E-state index in [2.05, 4.69) is 32.4 Å². The molecule has 1 aromatic heterocycles. The first-order valence-corrected chi connectivity index (χ1v) is 6.40. The molecule has 0 aliphatic heterocycles. The minimum Gasteiger partial charge on any atom is -0.497 e. The van der Waals surface area contributed by atoms with Gasteiger partial charge in [0.1, 0.15) is 23.2 Å². The highest BCUT2D eigenvalue weighted by atomic mass is 79.9. The number of anilines is 2. The molecule has 0 unspecified atom stereocenters. The minimum atomic E-state index is 0.539. The summed E-state index contributed by atoms with van der Waals surface area (Å²) >= 11 is 3.46. The summed E-state index contributed by atoms with van der Waals surface area (Å²) in [7, 11) is 3.41. The lowest BCUT2D eigenvalue weighted by Gasteiger charge is -2.10. The van der Waals surface area contributed by atoms with Crippen LogP contribution in [0.3, 0.4) is 0 Å². The van der Waals surface area contributed by atoms with E-state index in [-0.39, 0.29) is 0 Å². The molecule has 1 aromatic carbocycles. The van der Waals surface area contributed by atoms with Gasteiger partial charge in [-0.05, 0) is 35.0 Å². The van der Waals surface area contributed by atoms with Crippen molar-refractivity contribution in [1.29, 1.82) is 5.26 Å². The number of nitriles is 1. The molecule has 0 saturated carbocycles. The maximum Gasteiger partial charge on any atom is 0.146 e. The molecule has 5 nitrogen and oxygen atoms in total. The largest absolute Gasteiger partial charge is 0.497 e. The molecule has 0 fully saturated rings. The molecule has 0 radical (unpaired) electrons. The molecule has 6 heteroatoms. The molecule has 0 aliphatic rings. The van der Waals surface area contributed by atoms with Gasteiger partial charge in [0, 0.05) is 17.6 Å². The van der Waals surface area contributed by atoms with E-state index in [1.54, 1.807) is 18.8 Å². The number of methoxy groups -OCH3 is 1. The van der Waals surface area contributed by atoms with Crippen molar-refractivity contribution in [1.82, 2.24) is 9.78 Å². The van der Waals surface area contributed by atoms with Crippen molar-refractivity contribution < 1.29 is 4.74 Å². The summed E-state index contributed by atoms with van der Waals surface area (Å²) in [6.07, 6.45) is 0. The van der Waals surface area contributed by atoms with Crippen LogP contribution in [0.5, 0.6) is 5.75 Å². The number of hydrogen-bond acceptors (Lipinski definition) is 4. The van der Waals surface area contributed by atoms with E-state index in [0.29, 0.717) is 17.1 Å². The van der Waals surface area contributed by atoms with Gasteiger partial charge in [0.15, 0.2) is 0 Å². The van der Waals surface area contributed by atoms with Crippen molar-refractivity contribution in [2.24, 2.45) is 7.05 Å². The molecule has 0 bridgehead atoms. The Hall–Kier alpha value is -2.00.